The maximum absolute atomic E-state index is 12.7. The topological polar surface area (TPSA) is 60.7 Å². The summed E-state index contributed by atoms with van der Waals surface area (Å²) in [7, 11) is 0. The van der Waals surface area contributed by atoms with E-state index in [1.165, 1.54) is 22.7 Å². The summed E-state index contributed by atoms with van der Waals surface area (Å²) in [6.45, 7) is 2.11. The molecule has 0 aliphatic carbocycles. The van der Waals surface area contributed by atoms with Crippen molar-refractivity contribution in [1.82, 2.24) is 4.57 Å². The fourth-order valence-electron chi connectivity index (χ4n) is 2.82. The van der Waals surface area contributed by atoms with Gasteiger partial charge in [-0.2, -0.15) is 4.99 Å². The molecule has 4 aromatic rings. The lowest BCUT2D eigenvalue weighted by atomic mass is 10.2. The normalized spacial score (nSPS) is 12.0. The summed E-state index contributed by atoms with van der Waals surface area (Å²) in [4.78, 5) is 30.2. The van der Waals surface area contributed by atoms with E-state index in [0.717, 1.165) is 20.3 Å². The van der Waals surface area contributed by atoms with Gasteiger partial charge < -0.3 is 9.30 Å². The van der Waals surface area contributed by atoms with Crippen molar-refractivity contribution in [2.24, 2.45) is 4.99 Å². The number of rotatable bonds is 4. The number of amides is 1. The van der Waals surface area contributed by atoms with Crippen LogP contribution in [0.4, 0.5) is 0 Å². The minimum atomic E-state index is -0.350. The van der Waals surface area contributed by atoms with E-state index in [2.05, 4.69) is 4.99 Å². The van der Waals surface area contributed by atoms with Crippen LogP contribution in [-0.2, 0) is 16.1 Å². The molecule has 27 heavy (non-hydrogen) atoms. The number of carbonyl (C=O) groups excluding carboxylic acids is 2. The van der Waals surface area contributed by atoms with Gasteiger partial charge in [-0.05, 0) is 36.6 Å². The van der Waals surface area contributed by atoms with E-state index in [-0.39, 0.29) is 18.4 Å². The molecule has 136 valence electrons. The molecule has 1 amide bonds. The molecule has 2 aromatic carbocycles. The number of para-hydroxylation sites is 1. The summed E-state index contributed by atoms with van der Waals surface area (Å²) in [6.07, 6.45) is 0. The fraction of sp³-hybridized carbons (Fsp3) is 0.150. The number of hydrogen-bond donors (Lipinski definition) is 0. The average molecular weight is 396 g/mol. The molecule has 0 atom stereocenters. The number of benzene rings is 2. The van der Waals surface area contributed by atoms with Crippen molar-refractivity contribution in [3.63, 3.8) is 0 Å². The van der Waals surface area contributed by atoms with E-state index in [0.29, 0.717) is 16.3 Å². The maximum Gasteiger partial charge on any atom is 0.326 e. The van der Waals surface area contributed by atoms with Crippen LogP contribution >= 0.6 is 22.7 Å². The Hall–Kier alpha value is -2.77. The molecular formula is C20H16N2O3S2. The number of ether oxygens (including phenoxy) is 1. The number of thiazole rings is 1. The van der Waals surface area contributed by atoms with Crippen LogP contribution < -0.4 is 4.80 Å². The smallest absolute Gasteiger partial charge is 0.326 e. The highest BCUT2D eigenvalue weighted by atomic mass is 32.1. The van der Waals surface area contributed by atoms with E-state index in [1.807, 2.05) is 54.6 Å². The van der Waals surface area contributed by atoms with Gasteiger partial charge in [0.05, 0.1) is 21.7 Å². The van der Waals surface area contributed by atoms with Gasteiger partial charge in [-0.25, -0.2) is 0 Å². The number of aromatic nitrogens is 1. The Morgan fingerprint density at radius 3 is 2.56 bits per heavy atom. The zero-order chi connectivity index (χ0) is 18.8. The van der Waals surface area contributed by atoms with Crippen molar-refractivity contribution in [3.8, 4) is 0 Å². The lowest BCUT2D eigenvalue weighted by Gasteiger charge is -2.04. The van der Waals surface area contributed by atoms with E-state index in [1.54, 1.807) is 11.5 Å². The molecule has 0 saturated heterocycles. The van der Waals surface area contributed by atoms with Gasteiger partial charge in [-0.1, -0.05) is 41.7 Å². The molecule has 4 rings (SSSR count). The van der Waals surface area contributed by atoms with Crippen LogP contribution in [0.3, 0.4) is 0 Å². The third-order valence-corrected chi connectivity index (χ3v) is 6.18. The van der Waals surface area contributed by atoms with E-state index in [4.69, 9.17) is 4.74 Å². The van der Waals surface area contributed by atoms with Gasteiger partial charge in [0.1, 0.15) is 6.54 Å². The van der Waals surface area contributed by atoms with Gasteiger partial charge in [-0.15, -0.1) is 11.3 Å². The largest absolute Gasteiger partial charge is 0.465 e. The zero-order valence-corrected chi connectivity index (χ0v) is 16.2. The Labute approximate surface area is 163 Å². The number of esters is 1. The summed E-state index contributed by atoms with van der Waals surface area (Å²) in [6, 6.07) is 17.4. The Morgan fingerprint density at radius 2 is 1.78 bits per heavy atom. The second-order valence-corrected chi connectivity index (χ2v) is 7.90. The molecule has 0 unspecified atom stereocenters. The molecule has 7 heteroatoms. The number of nitrogens with zero attached hydrogens (tertiary/aromatic N) is 2. The average Bonchev–Trinajstić information content (AvgIpc) is 3.24. The summed E-state index contributed by atoms with van der Waals surface area (Å²) >= 11 is 2.81. The first-order valence-corrected chi connectivity index (χ1v) is 10.1. The van der Waals surface area contributed by atoms with Crippen LogP contribution in [0, 0.1) is 0 Å². The van der Waals surface area contributed by atoms with Crippen LogP contribution in [0.2, 0.25) is 0 Å². The third-order valence-electron chi connectivity index (χ3n) is 4.01. The number of hydrogen-bond acceptors (Lipinski definition) is 5. The minimum Gasteiger partial charge on any atom is -0.465 e. The van der Waals surface area contributed by atoms with Crippen LogP contribution in [0.15, 0.2) is 59.6 Å². The highest BCUT2D eigenvalue weighted by Crippen LogP contribution is 2.26. The summed E-state index contributed by atoms with van der Waals surface area (Å²) < 4.78 is 8.82. The van der Waals surface area contributed by atoms with E-state index >= 15 is 0 Å². The highest BCUT2D eigenvalue weighted by molar-refractivity contribution is 7.20. The molecule has 5 nitrogen and oxygen atoms in total. The summed E-state index contributed by atoms with van der Waals surface area (Å²) in [5.41, 5.74) is 0.860. The molecule has 0 fully saturated rings. The van der Waals surface area contributed by atoms with Crippen molar-refractivity contribution in [2.75, 3.05) is 6.61 Å². The van der Waals surface area contributed by atoms with Crippen molar-refractivity contribution >= 4 is 54.9 Å². The van der Waals surface area contributed by atoms with Crippen LogP contribution in [0.1, 0.15) is 16.6 Å². The first-order valence-electron chi connectivity index (χ1n) is 8.47. The molecule has 0 radical (unpaired) electrons. The minimum absolute atomic E-state index is 0.0242. The lowest BCUT2D eigenvalue weighted by Crippen LogP contribution is -2.23. The Bertz CT molecular complexity index is 1180. The van der Waals surface area contributed by atoms with Gasteiger partial charge >= 0.3 is 5.97 Å². The molecule has 0 saturated carbocycles. The van der Waals surface area contributed by atoms with Gasteiger partial charge in [0.25, 0.3) is 5.91 Å². The number of thiophene rings is 1. The van der Waals surface area contributed by atoms with Gasteiger partial charge in [0.15, 0.2) is 4.80 Å². The second kappa shape index (κ2) is 7.46. The molecule has 0 spiro atoms. The van der Waals surface area contributed by atoms with E-state index < -0.39 is 0 Å². The van der Waals surface area contributed by atoms with Gasteiger partial charge in [0.2, 0.25) is 0 Å². The van der Waals surface area contributed by atoms with Crippen molar-refractivity contribution in [1.29, 1.82) is 0 Å². The van der Waals surface area contributed by atoms with Gasteiger partial charge in [0, 0.05) is 4.70 Å². The summed E-state index contributed by atoms with van der Waals surface area (Å²) in [5.74, 6) is -0.655. The predicted octanol–water partition coefficient (Wildman–Crippen LogP) is 4.22. The van der Waals surface area contributed by atoms with Crippen LogP contribution in [0.25, 0.3) is 20.3 Å². The SMILES string of the molecule is CCOC(=O)Cn1c(=NC(=O)c2cc3ccccc3s2)sc2ccccc21. The Kier molecular flexibility index (Phi) is 4.87. The first kappa shape index (κ1) is 17.6. The standard InChI is InChI=1S/C20H16N2O3S2/c1-2-25-18(23)12-22-14-8-4-6-10-16(14)27-20(22)21-19(24)17-11-13-7-3-5-9-15(13)26-17/h3-11H,2,12H2,1H3. The fourth-order valence-corrected chi connectivity index (χ4v) is 4.80. The van der Waals surface area contributed by atoms with Crippen molar-refractivity contribution < 1.29 is 14.3 Å². The predicted molar refractivity (Wildman–Crippen MR) is 108 cm³/mol. The van der Waals surface area contributed by atoms with Crippen LogP contribution in [-0.4, -0.2) is 23.1 Å². The molecule has 2 heterocycles. The van der Waals surface area contributed by atoms with Gasteiger partial charge in [-0.3, -0.25) is 9.59 Å². The molecule has 2 aromatic heterocycles. The Morgan fingerprint density at radius 1 is 1.04 bits per heavy atom. The third kappa shape index (κ3) is 3.56. The second-order valence-electron chi connectivity index (χ2n) is 5.81. The first-order chi connectivity index (χ1) is 13.2. The molecular weight excluding hydrogens is 380 g/mol. The van der Waals surface area contributed by atoms with Crippen LogP contribution in [0.5, 0.6) is 0 Å². The Balaban J connectivity index is 1.79. The number of carbonyl (C=O) groups is 2. The molecule has 0 aliphatic rings. The maximum atomic E-state index is 12.7. The molecule has 0 aliphatic heterocycles. The number of fused-ring (bicyclic) bond motifs is 2. The molecule has 0 N–H and O–H groups in total. The van der Waals surface area contributed by atoms with Crippen molar-refractivity contribution in [2.45, 2.75) is 13.5 Å². The zero-order valence-electron chi connectivity index (χ0n) is 14.5. The van der Waals surface area contributed by atoms with E-state index in [9.17, 15) is 9.59 Å². The van der Waals surface area contributed by atoms with Crippen molar-refractivity contribution in [3.05, 3.63) is 64.3 Å². The lowest BCUT2D eigenvalue weighted by molar-refractivity contribution is -0.143. The highest BCUT2D eigenvalue weighted by Gasteiger charge is 2.14. The quantitative estimate of drug-likeness (QED) is 0.485. The summed E-state index contributed by atoms with van der Waals surface area (Å²) in [5, 5.41) is 1.02. The molecule has 0 bridgehead atoms. The monoisotopic (exact) mass is 396 g/mol.